The summed E-state index contributed by atoms with van der Waals surface area (Å²) >= 11 is 0. The largest absolute Gasteiger partial charge is 0.493 e. The molecule has 0 saturated carbocycles. The summed E-state index contributed by atoms with van der Waals surface area (Å²) in [5.74, 6) is 1.67. The average Bonchev–Trinajstić information content (AvgIpc) is 2.66. The van der Waals surface area contributed by atoms with Crippen molar-refractivity contribution in [1.82, 2.24) is 20.2 Å². The number of aromatic nitrogens is 2. The van der Waals surface area contributed by atoms with E-state index in [1.807, 2.05) is 0 Å². The van der Waals surface area contributed by atoms with Crippen LogP contribution in [0.5, 0.6) is 17.2 Å². The molecular formula is C16H21N5O5. The van der Waals surface area contributed by atoms with Gasteiger partial charge in [-0.25, -0.2) is 14.8 Å². The van der Waals surface area contributed by atoms with Gasteiger partial charge in [0.1, 0.15) is 17.4 Å². The maximum Gasteiger partial charge on any atom is 0.408 e. The van der Waals surface area contributed by atoms with E-state index in [2.05, 4.69) is 15.3 Å². The molecule has 3 rings (SSSR count). The number of hydrogen-bond donors (Lipinski definition) is 3. The van der Waals surface area contributed by atoms with Gasteiger partial charge in [-0.15, -0.1) is 0 Å². The second-order valence-electron chi connectivity index (χ2n) is 5.70. The molecule has 1 amide bonds. The van der Waals surface area contributed by atoms with E-state index in [1.165, 1.54) is 26.2 Å². The van der Waals surface area contributed by atoms with Gasteiger partial charge in [-0.2, -0.15) is 0 Å². The number of fused-ring (bicyclic) bond motifs is 1. The number of benzene rings is 1. The molecule has 10 heteroatoms. The Kier molecular flexibility index (Phi) is 4.85. The Morgan fingerprint density at radius 3 is 2.62 bits per heavy atom. The fourth-order valence-electron chi connectivity index (χ4n) is 3.08. The Morgan fingerprint density at radius 2 is 2.00 bits per heavy atom. The molecule has 0 aliphatic carbocycles. The molecule has 1 atom stereocenters. The van der Waals surface area contributed by atoms with E-state index in [9.17, 15) is 9.90 Å². The minimum absolute atomic E-state index is 0.208. The fraction of sp³-hybridized carbons (Fsp3) is 0.438. The Hall–Kier alpha value is -3.01. The van der Waals surface area contributed by atoms with Gasteiger partial charge in [0.15, 0.2) is 17.3 Å². The maximum absolute atomic E-state index is 11.5. The van der Waals surface area contributed by atoms with Crippen LogP contribution in [0.4, 0.5) is 10.6 Å². The van der Waals surface area contributed by atoms with E-state index in [-0.39, 0.29) is 5.82 Å². The van der Waals surface area contributed by atoms with Crippen LogP contribution < -0.4 is 25.3 Å². The van der Waals surface area contributed by atoms with E-state index < -0.39 is 12.1 Å². The van der Waals surface area contributed by atoms with Crippen molar-refractivity contribution in [3.05, 3.63) is 11.9 Å². The minimum atomic E-state index is -1.03. The number of nitrogens with two attached hydrogens (primary N) is 1. The first kappa shape index (κ1) is 17.8. The van der Waals surface area contributed by atoms with Gasteiger partial charge >= 0.3 is 6.09 Å². The van der Waals surface area contributed by atoms with E-state index in [4.69, 9.17) is 19.9 Å². The molecule has 2 aromatic rings. The molecule has 0 bridgehead atoms. The lowest BCUT2D eigenvalue weighted by Crippen LogP contribution is -2.48. The van der Waals surface area contributed by atoms with Crippen LogP contribution in [0.1, 0.15) is 11.9 Å². The standard InChI is InChI=1S/C16H21N5O5/c1-24-10-6-8-11(13(26-3)12(10)25-2)19-15(20-14(8)17)9-7-18-4-5-21(9)16(22)23/h6,9,18H,4-5,7H2,1-3H3,(H,22,23)(H2,17,19,20). The SMILES string of the molecule is COc1cc2c(N)nc(C3CNCCN3C(=O)O)nc2c(OC)c1OC. The maximum atomic E-state index is 11.5. The molecular weight excluding hydrogens is 342 g/mol. The van der Waals surface area contributed by atoms with Crippen molar-refractivity contribution >= 4 is 22.8 Å². The Morgan fingerprint density at radius 1 is 1.27 bits per heavy atom. The Bertz CT molecular complexity index is 844. The molecule has 26 heavy (non-hydrogen) atoms. The summed E-state index contributed by atoms with van der Waals surface area (Å²) in [6, 6.07) is 1.12. The third kappa shape index (κ3) is 2.88. The van der Waals surface area contributed by atoms with E-state index in [1.54, 1.807) is 6.07 Å². The van der Waals surface area contributed by atoms with Gasteiger partial charge in [-0.05, 0) is 6.07 Å². The zero-order valence-corrected chi connectivity index (χ0v) is 14.8. The molecule has 10 nitrogen and oxygen atoms in total. The van der Waals surface area contributed by atoms with Crippen LogP contribution in [0, 0.1) is 0 Å². The van der Waals surface area contributed by atoms with Crippen LogP contribution in [0.2, 0.25) is 0 Å². The Labute approximate surface area is 149 Å². The van der Waals surface area contributed by atoms with Gasteiger partial charge < -0.3 is 30.4 Å². The number of piperazine rings is 1. The number of nitrogens with zero attached hydrogens (tertiary/aromatic N) is 3. The normalized spacial score (nSPS) is 17.2. The van der Waals surface area contributed by atoms with Gasteiger partial charge in [0.2, 0.25) is 5.75 Å². The summed E-state index contributed by atoms with van der Waals surface area (Å²) in [7, 11) is 4.49. The van der Waals surface area contributed by atoms with Crippen molar-refractivity contribution < 1.29 is 24.1 Å². The minimum Gasteiger partial charge on any atom is -0.493 e. The molecule has 0 radical (unpaired) electrons. The lowest BCUT2D eigenvalue weighted by molar-refractivity contribution is 0.110. The number of carboxylic acid groups (broad SMARTS) is 1. The second-order valence-corrected chi connectivity index (χ2v) is 5.70. The number of rotatable bonds is 4. The number of ether oxygens (including phenoxy) is 3. The number of carbonyl (C=O) groups is 1. The molecule has 1 aromatic carbocycles. The molecule has 4 N–H and O–H groups in total. The lowest BCUT2D eigenvalue weighted by atomic mass is 10.1. The number of anilines is 1. The van der Waals surface area contributed by atoms with Gasteiger partial charge in [0, 0.05) is 19.6 Å². The van der Waals surface area contributed by atoms with E-state index >= 15 is 0 Å². The monoisotopic (exact) mass is 363 g/mol. The zero-order valence-electron chi connectivity index (χ0n) is 14.8. The van der Waals surface area contributed by atoms with Crippen LogP contribution in [0.15, 0.2) is 6.07 Å². The van der Waals surface area contributed by atoms with Crippen molar-refractivity contribution in [3.8, 4) is 17.2 Å². The highest BCUT2D eigenvalue weighted by atomic mass is 16.5. The van der Waals surface area contributed by atoms with Crippen molar-refractivity contribution in [2.24, 2.45) is 0 Å². The van der Waals surface area contributed by atoms with Crippen molar-refractivity contribution in [1.29, 1.82) is 0 Å². The van der Waals surface area contributed by atoms with Gasteiger partial charge in [-0.3, -0.25) is 4.90 Å². The van der Waals surface area contributed by atoms with Crippen LogP contribution in [-0.2, 0) is 0 Å². The fourth-order valence-corrected chi connectivity index (χ4v) is 3.08. The molecule has 1 fully saturated rings. The smallest absolute Gasteiger partial charge is 0.408 e. The van der Waals surface area contributed by atoms with Gasteiger partial charge in [-0.1, -0.05) is 0 Å². The molecule has 1 aliphatic heterocycles. The van der Waals surface area contributed by atoms with Crippen molar-refractivity contribution in [3.63, 3.8) is 0 Å². The summed E-state index contributed by atoms with van der Waals surface area (Å²) < 4.78 is 16.2. The summed E-state index contributed by atoms with van der Waals surface area (Å²) in [4.78, 5) is 21.7. The number of nitrogen functional groups attached to an aromatic ring is 1. The first-order chi connectivity index (χ1) is 12.5. The van der Waals surface area contributed by atoms with Gasteiger partial charge in [0.25, 0.3) is 0 Å². The number of hydrogen-bond acceptors (Lipinski definition) is 8. The van der Waals surface area contributed by atoms with E-state index in [0.29, 0.717) is 53.6 Å². The van der Waals surface area contributed by atoms with Crippen molar-refractivity contribution in [2.75, 3.05) is 46.7 Å². The molecule has 1 aromatic heterocycles. The highest BCUT2D eigenvalue weighted by Gasteiger charge is 2.31. The van der Waals surface area contributed by atoms with Crippen LogP contribution in [0.25, 0.3) is 10.9 Å². The highest BCUT2D eigenvalue weighted by Crippen LogP contribution is 2.44. The first-order valence-corrected chi connectivity index (χ1v) is 7.98. The summed E-state index contributed by atoms with van der Waals surface area (Å²) in [5.41, 5.74) is 6.57. The molecule has 1 aliphatic rings. The van der Waals surface area contributed by atoms with Gasteiger partial charge in [0.05, 0.1) is 26.7 Å². The van der Waals surface area contributed by atoms with Crippen LogP contribution in [0.3, 0.4) is 0 Å². The quantitative estimate of drug-likeness (QED) is 0.723. The zero-order chi connectivity index (χ0) is 18.8. The molecule has 1 saturated heterocycles. The molecule has 2 heterocycles. The lowest BCUT2D eigenvalue weighted by Gasteiger charge is -2.33. The molecule has 140 valence electrons. The van der Waals surface area contributed by atoms with Crippen LogP contribution >= 0.6 is 0 Å². The third-order valence-electron chi connectivity index (χ3n) is 4.33. The topological polar surface area (TPSA) is 132 Å². The average molecular weight is 363 g/mol. The molecule has 1 unspecified atom stereocenters. The Balaban J connectivity index is 2.22. The highest BCUT2D eigenvalue weighted by molar-refractivity contribution is 5.96. The molecule has 0 spiro atoms. The first-order valence-electron chi connectivity index (χ1n) is 7.98. The number of amides is 1. The predicted molar refractivity (Wildman–Crippen MR) is 93.9 cm³/mol. The summed E-state index contributed by atoms with van der Waals surface area (Å²) in [6.45, 7) is 1.30. The summed E-state index contributed by atoms with van der Waals surface area (Å²) in [6.07, 6.45) is -1.03. The predicted octanol–water partition coefficient (Wildman–Crippen LogP) is 0.862. The van der Waals surface area contributed by atoms with Crippen molar-refractivity contribution in [2.45, 2.75) is 6.04 Å². The van der Waals surface area contributed by atoms with Crippen LogP contribution in [-0.4, -0.2) is 67.0 Å². The van der Waals surface area contributed by atoms with E-state index in [0.717, 1.165) is 0 Å². The second kappa shape index (κ2) is 7.08. The summed E-state index contributed by atoms with van der Waals surface area (Å²) in [5, 5.41) is 13.1. The third-order valence-corrected chi connectivity index (χ3v) is 4.33. The number of nitrogens with one attached hydrogen (secondary N) is 1. The number of methoxy groups -OCH3 is 3.